The fourth-order valence-corrected chi connectivity index (χ4v) is 1.93. The molecule has 1 saturated heterocycles. The molecule has 0 saturated carbocycles. The summed E-state index contributed by atoms with van der Waals surface area (Å²) in [6.45, 7) is 4.59. The van der Waals surface area contributed by atoms with Gasteiger partial charge >= 0.3 is 0 Å². The standard InChI is InChI=1S/C12H19N5O2/c1-7(2)9-15-10(17-16-9)12(19)14-8-5-3-4-6-13-11(8)18/h7-8H,3-6H2,1-2H3,(H,13,18)(H,14,19)(H,15,16,17). The van der Waals surface area contributed by atoms with Gasteiger partial charge in [-0.15, -0.1) is 5.10 Å². The van der Waals surface area contributed by atoms with E-state index in [4.69, 9.17) is 0 Å². The number of H-pyrrole nitrogens is 1. The van der Waals surface area contributed by atoms with Crippen LogP contribution in [0, 0.1) is 0 Å². The van der Waals surface area contributed by atoms with Crippen LogP contribution >= 0.6 is 0 Å². The van der Waals surface area contributed by atoms with Gasteiger partial charge in [0.25, 0.3) is 5.91 Å². The molecule has 3 N–H and O–H groups in total. The first-order valence-corrected chi connectivity index (χ1v) is 6.59. The number of aromatic amines is 1. The number of nitrogens with zero attached hydrogens (tertiary/aromatic N) is 2. The Labute approximate surface area is 111 Å². The van der Waals surface area contributed by atoms with Crippen LogP contribution in [-0.2, 0) is 4.79 Å². The molecule has 1 unspecified atom stereocenters. The monoisotopic (exact) mass is 265 g/mol. The van der Waals surface area contributed by atoms with Gasteiger partial charge in [-0.25, -0.2) is 4.98 Å². The number of rotatable bonds is 3. The van der Waals surface area contributed by atoms with Crippen LogP contribution in [0.15, 0.2) is 0 Å². The zero-order chi connectivity index (χ0) is 13.8. The van der Waals surface area contributed by atoms with E-state index in [0.29, 0.717) is 18.8 Å². The highest BCUT2D eigenvalue weighted by atomic mass is 16.2. The van der Waals surface area contributed by atoms with E-state index in [-0.39, 0.29) is 17.6 Å². The summed E-state index contributed by atoms with van der Waals surface area (Å²) in [5.74, 6) is 0.377. The zero-order valence-electron chi connectivity index (χ0n) is 11.2. The Kier molecular flexibility index (Phi) is 4.13. The minimum absolute atomic E-state index is 0.0840. The predicted molar refractivity (Wildman–Crippen MR) is 68.6 cm³/mol. The molecule has 1 aliphatic rings. The average molecular weight is 265 g/mol. The summed E-state index contributed by atoms with van der Waals surface area (Å²) in [4.78, 5) is 27.8. The molecule has 0 spiro atoms. The van der Waals surface area contributed by atoms with Gasteiger partial charge in [0.05, 0.1) is 0 Å². The van der Waals surface area contributed by atoms with Crippen molar-refractivity contribution in [2.45, 2.75) is 45.1 Å². The summed E-state index contributed by atoms with van der Waals surface area (Å²) in [5, 5.41) is 12.0. The molecule has 19 heavy (non-hydrogen) atoms. The topological polar surface area (TPSA) is 99.8 Å². The minimum atomic E-state index is -0.490. The Morgan fingerprint density at radius 3 is 2.89 bits per heavy atom. The van der Waals surface area contributed by atoms with Gasteiger partial charge < -0.3 is 10.6 Å². The third-order valence-corrected chi connectivity index (χ3v) is 3.09. The smallest absolute Gasteiger partial charge is 0.291 e. The van der Waals surface area contributed by atoms with Crippen molar-refractivity contribution in [3.05, 3.63) is 11.6 Å². The quantitative estimate of drug-likeness (QED) is 0.733. The number of aromatic nitrogens is 3. The molecule has 0 radical (unpaired) electrons. The Bertz CT molecular complexity index is 468. The van der Waals surface area contributed by atoms with Gasteiger partial charge in [-0.3, -0.25) is 14.7 Å². The molecule has 2 rings (SSSR count). The van der Waals surface area contributed by atoms with Gasteiger partial charge in [0, 0.05) is 12.5 Å². The largest absolute Gasteiger partial charge is 0.354 e. The van der Waals surface area contributed by atoms with E-state index in [1.165, 1.54) is 0 Å². The summed E-state index contributed by atoms with van der Waals surface area (Å²) < 4.78 is 0. The lowest BCUT2D eigenvalue weighted by atomic mass is 10.1. The first-order valence-electron chi connectivity index (χ1n) is 6.59. The maximum absolute atomic E-state index is 12.0. The van der Waals surface area contributed by atoms with E-state index in [2.05, 4.69) is 25.8 Å². The molecule has 1 atom stereocenters. The molecular weight excluding hydrogens is 246 g/mol. The van der Waals surface area contributed by atoms with Crippen molar-refractivity contribution in [3.63, 3.8) is 0 Å². The highest BCUT2D eigenvalue weighted by Crippen LogP contribution is 2.09. The van der Waals surface area contributed by atoms with Gasteiger partial charge in [-0.1, -0.05) is 13.8 Å². The van der Waals surface area contributed by atoms with Crippen LogP contribution in [0.25, 0.3) is 0 Å². The molecule has 1 aliphatic heterocycles. The van der Waals surface area contributed by atoms with Crippen LogP contribution in [0.1, 0.15) is 55.5 Å². The van der Waals surface area contributed by atoms with Crippen LogP contribution in [0.4, 0.5) is 0 Å². The minimum Gasteiger partial charge on any atom is -0.354 e. The molecule has 2 heterocycles. The van der Waals surface area contributed by atoms with Gasteiger partial charge in [-0.05, 0) is 19.3 Å². The van der Waals surface area contributed by atoms with E-state index in [1.807, 2.05) is 13.8 Å². The van der Waals surface area contributed by atoms with E-state index in [9.17, 15) is 9.59 Å². The second-order valence-corrected chi connectivity index (χ2v) is 5.01. The molecule has 1 fully saturated rings. The molecule has 0 aliphatic carbocycles. The van der Waals surface area contributed by atoms with Gasteiger partial charge in [0.1, 0.15) is 11.9 Å². The normalized spacial score (nSPS) is 19.9. The van der Waals surface area contributed by atoms with Crippen molar-refractivity contribution in [1.82, 2.24) is 25.8 Å². The van der Waals surface area contributed by atoms with Gasteiger partial charge in [0.2, 0.25) is 11.7 Å². The first kappa shape index (κ1) is 13.5. The Morgan fingerprint density at radius 2 is 2.21 bits per heavy atom. The van der Waals surface area contributed by atoms with E-state index >= 15 is 0 Å². The van der Waals surface area contributed by atoms with Crippen molar-refractivity contribution in [2.24, 2.45) is 0 Å². The summed E-state index contributed by atoms with van der Waals surface area (Å²) in [6, 6.07) is -0.490. The Balaban J connectivity index is 2.00. The lowest BCUT2D eigenvalue weighted by Gasteiger charge is -2.13. The number of carbonyl (C=O) groups is 2. The maximum atomic E-state index is 12.0. The fourth-order valence-electron chi connectivity index (χ4n) is 1.93. The molecule has 7 heteroatoms. The SMILES string of the molecule is CC(C)c1nc(C(=O)NC2CCCCNC2=O)n[nH]1. The second-order valence-electron chi connectivity index (χ2n) is 5.01. The van der Waals surface area contributed by atoms with Gasteiger partial charge in [-0.2, -0.15) is 0 Å². The number of hydrogen-bond acceptors (Lipinski definition) is 4. The maximum Gasteiger partial charge on any atom is 0.291 e. The molecule has 104 valence electrons. The third kappa shape index (κ3) is 3.30. The summed E-state index contributed by atoms with van der Waals surface area (Å²) in [7, 11) is 0. The highest BCUT2D eigenvalue weighted by Gasteiger charge is 2.24. The molecule has 1 aromatic rings. The summed E-state index contributed by atoms with van der Waals surface area (Å²) in [5.41, 5.74) is 0. The van der Waals surface area contributed by atoms with Gasteiger partial charge in [0.15, 0.2) is 0 Å². The molecule has 0 aromatic carbocycles. The van der Waals surface area contributed by atoms with Crippen LogP contribution in [0.2, 0.25) is 0 Å². The lowest BCUT2D eigenvalue weighted by molar-refractivity contribution is -0.122. The molecule has 7 nitrogen and oxygen atoms in total. The Hall–Kier alpha value is -1.92. The number of amides is 2. The van der Waals surface area contributed by atoms with Crippen LogP contribution in [0.5, 0.6) is 0 Å². The van der Waals surface area contributed by atoms with Crippen molar-refractivity contribution in [1.29, 1.82) is 0 Å². The van der Waals surface area contributed by atoms with Crippen molar-refractivity contribution in [2.75, 3.05) is 6.54 Å². The lowest BCUT2D eigenvalue weighted by Crippen LogP contribution is -2.45. The highest BCUT2D eigenvalue weighted by molar-refractivity contribution is 5.94. The van der Waals surface area contributed by atoms with Crippen molar-refractivity contribution in [3.8, 4) is 0 Å². The van der Waals surface area contributed by atoms with Crippen LogP contribution in [-0.4, -0.2) is 39.6 Å². The van der Waals surface area contributed by atoms with Crippen LogP contribution in [0.3, 0.4) is 0 Å². The molecule has 1 aromatic heterocycles. The number of hydrogen-bond donors (Lipinski definition) is 3. The Morgan fingerprint density at radius 1 is 1.42 bits per heavy atom. The molecule has 2 amide bonds. The van der Waals surface area contributed by atoms with E-state index in [1.54, 1.807) is 0 Å². The van der Waals surface area contributed by atoms with E-state index in [0.717, 1.165) is 12.8 Å². The predicted octanol–water partition coefficient (Wildman–Crippen LogP) is 0.327. The average Bonchev–Trinajstić information content (AvgIpc) is 2.78. The third-order valence-electron chi connectivity index (χ3n) is 3.09. The molecule has 0 bridgehead atoms. The first-order chi connectivity index (χ1) is 9.08. The van der Waals surface area contributed by atoms with Crippen LogP contribution < -0.4 is 10.6 Å². The van der Waals surface area contributed by atoms with Crippen molar-refractivity contribution < 1.29 is 9.59 Å². The number of carbonyl (C=O) groups excluding carboxylic acids is 2. The van der Waals surface area contributed by atoms with E-state index < -0.39 is 11.9 Å². The zero-order valence-corrected chi connectivity index (χ0v) is 11.2. The summed E-state index contributed by atoms with van der Waals surface area (Å²) >= 11 is 0. The molecular formula is C12H19N5O2. The second kappa shape index (κ2) is 5.81. The summed E-state index contributed by atoms with van der Waals surface area (Å²) in [6.07, 6.45) is 2.50. The number of nitrogens with one attached hydrogen (secondary N) is 3. The fraction of sp³-hybridized carbons (Fsp3) is 0.667. The van der Waals surface area contributed by atoms with Crippen molar-refractivity contribution >= 4 is 11.8 Å².